The number of nitrogens with zero attached hydrogens (tertiary/aromatic N) is 1. The van der Waals surface area contributed by atoms with Crippen molar-refractivity contribution in [2.45, 2.75) is 6.92 Å². The molecule has 2 rings (SSSR count). The molecular weight excluding hydrogens is 304 g/mol. The lowest BCUT2D eigenvalue weighted by Crippen LogP contribution is -2.22. The predicted octanol–water partition coefficient (Wildman–Crippen LogP) is 3.33. The fourth-order valence-electron chi connectivity index (χ4n) is 2.04. The Balaban J connectivity index is 2.02. The maximum absolute atomic E-state index is 12.0. The Hall–Kier alpha value is -3.08. The summed E-state index contributed by atoms with van der Waals surface area (Å²) in [5, 5.41) is 2.78. The summed E-state index contributed by atoms with van der Waals surface area (Å²) in [5.41, 5.74) is 2.25. The predicted molar refractivity (Wildman–Crippen MR) is 96.2 cm³/mol. The van der Waals surface area contributed by atoms with Gasteiger partial charge in [0.2, 0.25) is 11.8 Å². The molecule has 0 fully saturated rings. The molecule has 0 spiro atoms. The average Bonchev–Trinajstić information content (AvgIpc) is 2.60. The van der Waals surface area contributed by atoms with Crippen molar-refractivity contribution >= 4 is 29.3 Å². The van der Waals surface area contributed by atoms with Gasteiger partial charge in [0.1, 0.15) is 5.75 Å². The van der Waals surface area contributed by atoms with Gasteiger partial charge in [-0.1, -0.05) is 18.2 Å². The molecule has 0 radical (unpaired) electrons. The second kappa shape index (κ2) is 7.97. The zero-order valence-corrected chi connectivity index (χ0v) is 13.9. The van der Waals surface area contributed by atoms with E-state index < -0.39 is 0 Å². The molecule has 5 nitrogen and oxygen atoms in total. The minimum absolute atomic E-state index is 0.0714. The number of hydrogen-bond acceptors (Lipinski definition) is 3. The molecule has 0 aliphatic rings. The number of anilines is 2. The summed E-state index contributed by atoms with van der Waals surface area (Å²) < 4.78 is 5.09. The third-order valence-corrected chi connectivity index (χ3v) is 3.52. The van der Waals surface area contributed by atoms with Gasteiger partial charge in [-0.05, 0) is 42.0 Å². The molecule has 0 atom stereocenters. The average molecular weight is 324 g/mol. The Morgan fingerprint density at radius 2 is 1.83 bits per heavy atom. The Labute approximate surface area is 141 Å². The van der Waals surface area contributed by atoms with E-state index in [4.69, 9.17) is 4.74 Å². The van der Waals surface area contributed by atoms with E-state index in [1.54, 1.807) is 38.4 Å². The number of methoxy groups -OCH3 is 1. The quantitative estimate of drug-likeness (QED) is 0.858. The molecule has 0 aromatic heterocycles. The number of carbonyl (C=O) groups is 2. The van der Waals surface area contributed by atoms with Gasteiger partial charge in [0.05, 0.1) is 7.11 Å². The zero-order valence-electron chi connectivity index (χ0n) is 13.9. The standard InChI is InChI=1S/C19H20N2O3/c1-14(22)21(2)17-6-4-5-16(13-17)20-19(23)12-9-15-7-10-18(24-3)11-8-15/h4-13H,1-3H3,(H,20,23)/b12-9+. The van der Waals surface area contributed by atoms with Gasteiger partial charge < -0.3 is 15.0 Å². The van der Waals surface area contributed by atoms with Crippen LogP contribution < -0.4 is 15.0 Å². The van der Waals surface area contributed by atoms with E-state index >= 15 is 0 Å². The van der Waals surface area contributed by atoms with E-state index in [1.165, 1.54) is 17.9 Å². The van der Waals surface area contributed by atoms with E-state index in [0.717, 1.165) is 17.0 Å². The normalized spacial score (nSPS) is 10.5. The minimum atomic E-state index is -0.242. The van der Waals surface area contributed by atoms with Gasteiger partial charge in [-0.3, -0.25) is 9.59 Å². The third-order valence-electron chi connectivity index (χ3n) is 3.52. The Bertz CT molecular complexity index is 751. The van der Waals surface area contributed by atoms with Crippen LogP contribution in [0.25, 0.3) is 6.08 Å². The van der Waals surface area contributed by atoms with Crippen molar-refractivity contribution in [3.05, 3.63) is 60.2 Å². The van der Waals surface area contributed by atoms with E-state index in [1.807, 2.05) is 30.3 Å². The molecule has 0 bridgehead atoms. The Kier molecular flexibility index (Phi) is 5.73. The van der Waals surface area contributed by atoms with Crippen molar-refractivity contribution in [3.63, 3.8) is 0 Å². The maximum atomic E-state index is 12.0. The minimum Gasteiger partial charge on any atom is -0.497 e. The van der Waals surface area contributed by atoms with Crippen LogP contribution in [0.3, 0.4) is 0 Å². The van der Waals surface area contributed by atoms with Gasteiger partial charge in [-0.15, -0.1) is 0 Å². The molecule has 0 aliphatic heterocycles. The highest BCUT2D eigenvalue weighted by Crippen LogP contribution is 2.18. The van der Waals surface area contributed by atoms with Crippen molar-refractivity contribution < 1.29 is 14.3 Å². The lowest BCUT2D eigenvalue weighted by molar-refractivity contribution is -0.116. The van der Waals surface area contributed by atoms with Crippen LogP contribution in [-0.2, 0) is 9.59 Å². The summed E-state index contributed by atoms with van der Waals surface area (Å²) >= 11 is 0. The molecule has 5 heteroatoms. The summed E-state index contributed by atoms with van der Waals surface area (Å²) in [6, 6.07) is 14.5. The van der Waals surface area contributed by atoms with Gasteiger partial charge in [-0.25, -0.2) is 0 Å². The van der Waals surface area contributed by atoms with Gasteiger partial charge in [0.15, 0.2) is 0 Å². The first kappa shape index (κ1) is 17.3. The molecule has 0 unspecified atom stereocenters. The SMILES string of the molecule is COc1ccc(/C=C/C(=O)Nc2cccc(N(C)C(C)=O)c2)cc1. The topological polar surface area (TPSA) is 58.6 Å². The largest absolute Gasteiger partial charge is 0.497 e. The molecule has 2 amide bonds. The highest BCUT2D eigenvalue weighted by molar-refractivity contribution is 6.02. The molecule has 2 aromatic carbocycles. The molecule has 0 saturated heterocycles. The molecule has 1 N–H and O–H groups in total. The number of hydrogen-bond donors (Lipinski definition) is 1. The molecule has 24 heavy (non-hydrogen) atoms. The third kappa shape index (κ3) is 4.71. The van der Waals surface area contributed by atoms with Crippen molar-refractivity contribution in [1.82, 2.24) is 0 Å². The van der Waals surface area contributed by atoms with Crippen molar-refractivity contribution in [3.8, 4) is 5.75 Å². The van der Waals surface area contributed by atoms with Crippen LogP contribution in [-0.4, -0.2) is 26.0 Å². The Morgan fingerprint density at radius 1 is 1.12 bits per heavy atom. The molecule has 0 aliphatic carbocycles. The Morgan fingerprint density at radius 3 is 2.46 bits per heavy atom. The molecular formula is C19H20N2O3. The highest BCUT2D eigenvalue weighted by atomic mass is 16.5. The second-order valence-electron chi connectivity index (χ2n) is 5.22. The molecule has 2 aromatic rings. The monoisotopic (exact) mass is 324 g/mol. The fourth-order valence-corrected chi connectivity index (χ4v) is 2.04. The highest BCUT2D eigenvalue weighted by Gasteiger charge is 2.06. The van der Waals surface area contributed by atoms with Gasteiger partial charge in [-0.2, -0.15) is 0 Å². The van der Waals surface area contributed by atoms with Crippen molar-refractivity contribution in [2.24, 2.45) is 0 Å². The first-order chi connectivity index (χ1) is 11.5. The number of ether oxygens (including phenoxy) is 1. The van der Waals surface area contributed by atoms with Crippen molar-refractivity contribution in [1.29, 1.82) is 0 Å². The van der Waals surface area contributed by atoms with E-state index in [2.05, 4.69) is 5.32 Å². The van der Waals surface area contributed by atoms with Gasteiger partial charge >= 0.3 is 0 Å². The summed E-state index contributed by atoms with van der Waals surface area (Å²) in [5.74, 6) is 0.453. The maximum Gasteiger partial charge on any atom is 0.248 e. The number of nitrogens with one attached hydrogen (secondary N) is 1. The lowest BCUT2D eigenvalue weighted by atomic mass is 10.2. The van der Waals surface area contributed by atoms with Crippen LogP contribution in [0.2, 0.25) is 0 Å². The van der Waals surface area contributed by atoms with Crippen LogP contribution in [0.1, 0.15) is 12.5 Å². The number of amides is 2. The summed E-state index contributed by atoms with van der Waals surface area (Å²) in [6.45, 7) is 1.49. The molecule has 124 valence electrons. The van der Waals surface area contributed by atoms with Crippen LogP contribution >= 0.6 is 0 Å². The summed E-state index contributed by atoms with van der Waals surface area (Å²) in [4.78, 5) is 24.9. The molecule has 0 heterocycles. The van der Waals surface area contributed by atoms with Crippen LogP contribution in [0.15, 0.2) is 54.6 Å². The second-order valence-corrected chi connectivity index (χ2v) is 5.22. The number of benzene rings is 2. The summed E-state index contributed by atoms with van der Waals surface area (Å²) in [7, 11) is 3.29. The van der Waals surface area contributed by atoms with E-state index in [0.29, 0.717) is 5.69 Å². The first-order valence-corrected chi connectivity index (χ1v) is 7.47. The fraction of sp³-hybridized carbons (Fsp3) is 0.158. The van der Waals surface area contributed by atoms with Crippen LogP contribution in [0, 0.1) is 0 Å². The number of carbonyl (C=O) groups excluding carboxylic acids is 2. The van der Waals surface area contributed by atoms with Crippen LogP contribution in [0.4, 0.5) is 11.4 Å². The molecule has 0 saturated carbocycles. The lowest BCUT2D eigenvalue weighted by Gasteiger charge is -2.15. The number of rotatable bonds is 5. The van der Waals surface area contributed by atoms with Gasteiger partial charge in [0.25, 0.3) is 0 Å². The summed E-state index contributed by atoms with van der Waals surface area (Å²) in [6.07, 6.45) is 3.18. The first-order valence-electron chi connectivity index (χ1n) is 7.47. The smallest absolute Gasteiger partial charge is 0.248 e. The van der Waals surface area contributed by atoms with E-state index in [9.17, 15) is 9.59 Å². The zero-order chi connectivity index (χ0) is 17.5. The van der Waals surface area contributed by atoms with E-state index in [-0.39, 0.29) is 11.8 Å². The van der Waals surface area contributed by atoms with Gasteiger partial charge in [0, 0.05) is 31.4 Å². The van der Waals surface area contributed by atoms with Crippen molar-refractivity contribution in [2.75, 3.05) is 24.4 Å². The van der Waals surface area contributed by atoms with Crippen LogP contribution in [0.5, 0.6) is 5.75 Å².